The van der Waals surface area contributed by atoms with Crippen LogP contribution >= 0.6 is 0 Å². The Hall–Kier alpha value is -3.86. The van der Waals surface area contributed by atoms with E-state index in [1.165, 1.54) is 0 Å². The number of carbonyl (C=O) groups is 2. The van der Waals surface area contributed by atoms with E-state index in [0.717, 1.165) is 27.8 Å². The summed E-state index contributed by atoms with van der Waals surface area (Å²) < 4.78 is 5.57. The lowest BCUT2D eigenvalue weighted by atomic mass is 9.97. The first-order valence-electron chi connectivity index (χ1n) is 9.76. The van der Waals surface area contributed by atoms with Crippen LogP contribution in [0.25, 0.3) is 22.0 Å². The van der Waals surface area contributed by atoms with Gasteiger partial charge in [0, 0.05) is 22.0 Å². The number of rotatable bonds is 7. The standard InChI is InChI=1S/C25H21NO4/c1-2-30-19-10-6-8-17(14-19)16-7-5-9-18(13-16)25(29)24-21(15-23(27)28)20-11-3-4-12-22(20)26-24/h3-14,26H,2,15H2,1H3,(H,27,28). The zero-order chi connectivity index (χ0) is 21.1. The lowest BCUT2D eigenvalue weighted by molar-refractivity contribution is -0.136. The van der Waals surface area contributed by atoms with Gasteiger partial charge in [0.05, 0.1) is 18.7 Å². The van der Waals surface area contributed by atoms with Crippen molar-refractivity contribution in [2.45, 2.75) is 13.3 Å². The number of ketones is 1. The summed E-state index contributed by atoms with van der Waals surface area (Å²) in [6.07, 6.45) is -0.221. The predicted octanol–water partition coefficient (Wildman–Crippen LogP) is 5.09. The third-order valence-electron chi connectivity index (χ3n) is 4.97. The van der Waals surface area contributed by atoms with E-state index < -0.39 is 5.97 Å². The van der Waals surface area contributed by atoms with Gasteiger partial charge in [-0.15, -0.1) is 0 Å². The van der Waals surface area contributed by atoms with Gasteiger partial charge < -0.3 is 14.8 Å². The highest BCUT2D eigenvalue weighted by molar-refractivity contribution is 6.12. The number of nitrogens with one attached hydrogen (secondary N) is 1. The first-order chi connectivity index (χ1) is 14.6. The van der Waals surface area contributed by atoms with E-state index >= 15 is 0 Å². The second-order valence-corrected chi connectivity index (χ2v) is 6.97. The minimum Gasteiger partial charge on any atom is -0.494 e. The number of aliphatic carboxylic acids is 1. The fraction of sp³-hybridized carbons (Fsp3) is 0.120. The molecule has 3 aromatic carbocycles. The van der Waals surface area contributed by atoms with Gasteiger partial charge in [-0.25, -0.2) is 0 Å². The molecular formula is C25H21NO4. The summed E-state index contributed by atoms with van der Waals surface area (Å²) in [4.78, 5) is 27.9. The molecule has 0 amide bonds. The maximum atomic E-state index is 13.3. The topological polar surface area (TPSA) is 79.4 Å². The Balaban J connectivity index is 1.75. The van der Waals surface area contributed by atoms with Crippen molar-refractivity contribution >= 4 is 22.7 Å². The Morgan fingerprint density at radius 1 is 0.933 bits per heavy atom. The van der Waals surface area contributed by atoms with Crippen LogP contribution in [0.5, 0.6) is 5.75 Å². The molecule has 0 atom stereocenters. The van der Waals surface area contributed by atoms with Crippen LogP contribution in [0.1, 0.15) is 28.5 Å². The normalized spacial score (nSPS) is 10.8. The quantitative estimate of drug-likeness (QED) is 0.424. The summed E-state index contributed by atoms with van der Waals surface area (Å²) in [6, 6.07) is 22.4. The van der Waals surface area contributed by atoms with Crippen molar-refractivity contribution in [3.8, 4) is 16.9 Å². The molecule has 0 spiro atoms. The highest BCUT2D eigenvalue weighted by Crippen LogP contribution is 2.28. The summed E-state index contributed by atoms with van der Waals surface area (Å²) in [7, 11) is 0. The van der Waals surface area contributed by atoms with E-state index in [9.17, 15) is 14.7 Å². The average molecular weight is 399 g/mol. The van der Waals surface area contributed by atoms with Crippen molar-refractivity contribution in [3.63, 3.8) is 0 Å². The molecule has 4 rings (SSSR count). The van der Waals surface area contributed by atoms with Gasteiger partial charge >= 0.3 is 5.97 Å². The molecule has 0 bridgehead atoms. The molecule has 0 aliphatic rings. The molecule has 30 heavy (non-hydrogen) atoms. The molecule has 0 fully saturated rings. The van der Waals surface area contributed by atoms with Crippen molar-refractivity contribution < 1.29 is 19.4 Å². The first kappa shape index (κ1) is 19.5. The number of aromatic nitrogens is 1. The maximum Gasteiger partial charge on any atom is 0.307 e. The number of carbonyl (C=O) groups excluding carboxylic acids is 1. The van der Waals surface area contributed by atoms with Gasteiger partial charge in [-0.1, -0.05) is 48.5 Å². The predicted molar refractivity (Wildman–Crippen MR) is 116 cm³/mol. The monoisotopic (exact) mass is 399 g/mol. The zero-order valence-corrected chi connectivity index (χ0v) is 16.5. The molecule has 1 aromatic heterocycles. The number of carboxylic acid groups (broad SMARTS) is 1. The van der Waals surface area contributed by atoms with Gasteiger partial charge in [0.2, 0.25) is 5.78 Å². The van der Waals surface area contributed by atoms with Crippen LogP contribution in [0, 0.1) is 0 Å². The van der Waals surface area contributed by atoms with Gasteiger partial charge in [-0.2, -0.15) is 0 Å². The number of H-pyrrole nitrogens is 1. The minimum atomic E-state index is -0.977. The van der Waals surface area contributed by atoms with Crippen LogP contribution in [-0.4, -0.2) is 28.4 Å². The molecule has 0 saturated heterocycles. The largest absolute Gasteiger partial charge is 0.494 e. The number of hydrogen-bond acceptors (Lipinski definition) is 3. The molecule has 150 valence electrons. The van der Waals surface area contributed by atoms with E-state index in [-0.39, 0.29) is 12.2 Å². The van der Waals surface area contributed by atoms with Crippen LogP contribution < -0.4 is 4.74 Å². The molecule has 5 heteroatoms. The van der Waals surface area contributed by atoms with Gasteiger partial charge in [0.1, 0.15) is 5.75 Å². The number of ether oxygens (including phenoxy) is 1. The highest BCUT2D eigenvalue weighted by Gasteiger charge is 2.21. The van der Waals surface area contributed by atoms with Crippen molar-refractivity contribution in [2.24, 2.45) is 0 Å². The number of carboxylic acids is 1. The number of para-hydroxylation sites is 1. The second kappa shape index (κ2) is 8.25. The van der Waals surface area contributed by atoms with Crippen LogP contribution in [0.3, 0.4) is 0 Å². The lowest BCUT2D eigenvalue weighted by Crippen LogP contribution is -2.09. The lowest BCUT2D eigenvalue weighted by Gasteiger charge is -2.08. The zero-order valence-electron chi connectivity index (χ0n) is 16.5. The molecule has 0 aliphatic heterocycles. The summed E-state index contributed by atoms with van der Waals surface area (Å²) in [5.74, 6) is -0.438. The Labute approximate surface area is 173 Å². The van der Waals surface area contributed by atoms with Crippen molar-refractivity contribution in [2.75, 3.05) is 6.61 Å². The smallest absolute Gasteiger partial charge is 0.307 e. The van der Waals surface area contributed by atoms with Crippen LogP contribution in [0.15, 0.2) is 72.8 Å². The van der Waals surface area contributed by atoms with E-state index in [4.69, 9.17) is 4.74 Å². The van der Waals surface area contributed by atoms with Gasteiger partial charge in [0.15, 0.2) is 0 Å². The highest BCUT2D eigenvalue weighted by atomic mass is 16.5. The Bertz CT molecular complexity index is 1240. The molecule has 0 unspecified atom stereocenters. The molecule has 0 aliphatic carbocycles. The van der Waals surface area contributed by atoms with E-state index in [1.54, 1.807) is 6.07 Å². The molecule has 0 radical (unpaired) electrons. The molecular weight excluding hydrogens is 378 g/mol. The number of aromatic amines is 1. The van der Waals surface area contributed by atoms with E-state index in [1.807, 2.05) is 73.7 Å². The average Bonchev–Trinajstić information content (AvgIpc) is 3.12. The van der Waals surface area contributed by atoms with Gasteiger partial charge in [-0.3, -0.25) is 9.59 Å². The van der Waals surface area contributed by atoms with Gasteiger partial charge in [0.25, 0.3) is 0 Å². The molecule has 0 saturated carbocycles. The summed E-state index contributed by atoms with van der Waals surface area (Å²) in [5.41, 5.74) is 3.90. The van der Waals surface area contributed by atoms with Crippen LogP contribution in [0.2, 0.25) is 0 Å². The number of fused-ring (bicyclic) bond motifs is 1. The van der Waals surface area contributed by atoms with E-state index in [2.05, 4.69) is 4.98 Å². The van der Waals surface area contributed by atoms with E-state index in [0.29, 0.717) is 23.4 Å². The Morgan fingerprint density at radius 3 is 2.43 bits per heavy atom. The minimum absolute atomic E-state index is 0.221. The van der Waals surface area contributed by atoms with Crippen LogP contribution in [0.4, 0.5) is 0 Å². The molecule has 4 aromatic rings. The van der Waals surface area contributed by atoms with Crippen molar-refractivity contribution in [3.05, 3.63) is 89.6 Å². The summed E-state index contributed by atoms with van der Waals surface area (Å²) in [6.45, 7) is 2.51. The molecule has 2 N–H and O–H groups in total. The third-order valence-corrected chi connectivity index (χ3v) is 4.97. The van der Waals surface area contributed by atoms with Crippen LogP contribution in [-0.2, 0) is 11.2 Å². The maximum absolute atomic E-state index is 13.3. The number of hydrogen-bond donors (Lipinski definition) is 2. The number of benzene rings is 3. The summed E-state index contributed by atoms with van der Waals surface area (Å²) in [5, 5.41) is 10.1. The SMILES string of the molecule is CCOc1cccc(-c2cccc(C(=O)c3[nH]c4ccccc4c3CC(=O)O)c2)c1. The fourth-order valence-electron chi connectivity index (χ4n) is 3.65. The van der Waals surface area contributed by atoms with Crippen molar-refractivity contribution in [1.29, 1.82) is 0 Å². The Kier molecular flexibility index (Phi) is 5.35. The third kappa shape index (κ3) is 3.82. The molecule has 1 heterocycles. The second-order valence-electron chi connectivity index (χ2n) is 6.97. The first-order valence-corrected chi connectivity index (χ1v) is 9.76. The fourth-order valence-corrected chi connectivity index (χ4v) is 3.65. The Morgan fingerprint density at radius 2 is 1.67 bits per heavy atom. The van der Waals surface area contributed by atoms with Gasteiger partial charge in [-0.05, 0) is 42.3 Å². The molecule has 5 nitrogen and oxygen atoms in total. The summed E-state index contributed by atoms with van der Waals surface area (Å²) >= 11 is 0. The van der Waals surface area contributed by atoms with Crippen molar-refractivity contribution in [1.82, 2.24) is 4.98 Å².